The van der Waals surface area contributed by atoms with Crippen molar-refractivity contribution in [3.05, 3.63) is 58.9 Å². The summed E-state index contributed by atoms with van der Waals surface area (Å²) in [6, 6.07) is 6.29. The minimum Gasteiger partial charge on any atom is -0.366 e. The summed E-state index contributed by atoms with van der Waals surface area (Å²) >= 11 is 5.78. The molecule has 0 aliphatic carbocycles. The third kappa shape index (κ3) is 4.66. The van der Waals surface area contributed by atoms with Crippen LogP contribution in [0.25, 0.3) is 5.82 Å². The Morgan fingerprint density at radius 3 is 2.94 bits per heavy atom. The number of amides is 1. The molecule has 0 saturated carbocycles. The molecule has 3 aromatic heterocycles. The first-order valence-corrected chi connectivity index (χ1v) is 10.5. The van der Waals surface area contributed by atoms with Gasteiger partial charge in [0.2, 0.25) is 0 Å². The first-order chi connectivity index (χ1) is 14.9. The number of likely N-dealkylation sites (tertiary alicyclic amines) is 1. The lowest BCUT2D eigenvalue weighted by molar-refractivity contribution is 0.0534. The highest BCUT2D eigenvalue weighted by atomic mass is 35.5. The van der Waals surface area contributed by atoms with Gasteiger partial charge in [0.25, 0.3) is 5.91 Å². The van der Waals surface area contributed by atoms with Gasteiger partial charge in [-0.1, -0.05) is 24.6 Å². The molecule has 1 fully saturated rings. The Morgan fingerprint density at radius 1 is 1.35 bits per heavy atom. The van der Waals surface area contributed by atoms with Gasteiger partial charge in [0.05, 0.1) is 23.0 Å². The number of aromatic nitrogens is 5. The van der Waals surface area contributed by atoms with Gasteiger partial charge in [-0.3, -0.25) is 4.79 Å². The molecule has 1 N–H and O–H groups in total. The molecule has 1 saturated heterocycles. The van der Waals surface area contributed by atoms with Gasteiger partial charge in [0, 0.05) is 19.3 Å². The molecule has 4 heterocycles. The van der Waals surface area contributed by atoms with Gasteiger partial charge < -0.3 is 10.2 Å². The van der Waals surface area contributed by atoms with Crippen molar-refractivity contribution in [2.75, 3.05) is 18.4 Å². The van der Waals surface area contributed by atoms with Crippen molar-refractivity contribution in [1.29, 1.82) is 0 Å². The second-order valence-electron chi connectivity index (χ2n) is 7.71. The third-order valence-corrected chi connectivity index (χ3v) is 5.63. The number of carbonyl (C=O) groups excluding carboxylic acids is 1. The Labute approximate surface area is 184 Å². The van der Waals surface area contributed by atoms with Crippen molar-refractivity contribution in [3.8, 4) is 5.82 Å². The summed E-state index contributed by atoms with van der Waals surface area (Å²) in [5, 5.41) is 11.7. The monoisotopic (exact) mass is 443 g/mol. The van der Waals surface area contributed by atoms with E-state index in [9.17, 15) is 9.18 Å². The zero-order valence-electron chi connectivity index (χ0n) is 17.3. The van der Waals surface area contributed by atoms with Crippen LogP contribution in [-0.2, 0) is 0 Å². The Hall–Kier alpha value is -3.07. The number of rotatable bonds is 5. The second-order valence-corrected chi connectivity index (χ2v) is 8.14. The zero-order chi connectivity index (χ0) is 22.0. The van der Waals surface area contributed by atoms with E-state index in [0.717, 1.165) is 18.5 Å². The van der Waals surface area contributed by atoms with E-state index in [-0.39, 0.29) is 28.7 Å². The van der Waals surface area contributed by atoms with Crippen LogP contribution in [0.3, 0.4) is 0 Å². The molecular weight excluding hydrogens is 421 g/mol. The van der Waals surface area contributed by atoms with Gasteiger partial charge in [0.15, 0.2) is 17.5 Å². The van der Waals surface area contributed by atoms with E-state index in [1.165, 1.54) is 17.1 Å². The number of hydrogen-bond donors (Lipinski definition) is 1. The van der Waals surface area contributed by atoms with Crippen LogP contribution in [0, 0.1) is 18.7 Å². The number of aryl methyl sites for hydroxylation is 1. The van der Waals surface area contributed by atoms with Crippen LogP contribution >= 0.6 is 11.6 Å². The smallest absolute Gasteiger partial charge is 0.272 e. The van der Waals surface area contributed by atoms with Crippen molar-refractivity contribution >= 4 is 23.3 Å². The number of anilines is 1. The molecule has 1 aliphatic rings. The minimum atomic E-state index is -0.523. The molecule has 0 spiro atoms. The lowest BCUT2D eigenvalue weighted by atomic mass is 9.90. The van der Waals surface area contributed by atoms with Crippen LogP contribution in [0.15, 0.2) is 36.7 Å². The van der Waals surface area contributed by atoms with Gasteiger partial charge in [0.1, 0.15) is 5.69 Å². The highest BCUT2D eigenvalue weighted by molar-refractivity contribution is 6.30. The van der Waals surface area contributed by atoms with Crippen molar-refractivity contribution in [2.24, 2.45) is 5.92 Å². The Balaban J connectivity index is 1.54. The van der Waals surface area contributed by atoms with Gasteiger partial charge in [-0.05, 0) is 43.9 Å². The quantitative estimate of drug-likeness (QED) is 0.649. The second kappa shape index (κ2) is 8.97. The predicted octanol–water partition coefficient (Wildman–Crippen LogP) is 3.51. The van der Waals surface area contributed by atoms with Crippen molar-refractivity contribution < 1.29 is 9.18 Å². The summed E-state index contributed by atoms with van der Waals surface area (Å²) in [6.07, 6.45) is 4.90. The van der Waals surface area contributed by atoms with Crippen LogP contribution in [0.2, 0.25) is 5.02 Å². The molecule has 0 radical (unpaired) electrons. The maximum Gasteiger partial charge on any atom is 0.272 e. The van der Waals surface area contributed by atoms with E-state index in [1.807, 2.05) is 11.8 Å². The van der Waals surface area contributed by atoms with Crippen molar-refractivity contribution in [1.82, 2.24) is 29.9 Å². The molecule has 2 atom stereocenters. The van der Waals surface area contributed by atoms with Crippen LogP contribution in [0.4, 0.5) is 10.2 Å². The molecular formula is C21H23ClFN7O. The number of carbonyl (C=O) groups is 1. The summed E-state index contributed by atoms with van der Waals surface area (Å²) in [6.45, 7) is 4.91. The van der Waals surface area contributed by atoms with E-state index in [0.29, 0.717) is 24.6 Å². The summed E-state index contributed by atoms with van der Waals surface area (Å²) in [4.78, 5) is 25.0. The number of halogens is 2. The average molecular weight is 444 g/mol. The van der Waals surface area contributed by atoms with E-state index in [2.05, 4.69) is 32.4 Å². The fraction of sp³-hybridized carbons (Fsp3) is 0.381. The van der Waals surface area contributed by atoms with Gasteiger partial charge >= 0.3 is 0 Å². The maximum absolute atomic E-state index is 14.1. The summed E-state index contributed by atoms with van der Waals surface area (Å²) in [7, 11) is 0. The molecule has 31 heavy (non-hydrogen) atoms. The minimum absolute atomic E-state index is 0.120. The first kappa shape index (κ1) is 21.2. The van der Waals surface area contributed by atoms with Gasteiger partial charge in [-0.15, -0.1) is 4.80 Å². The fourth-order valence-electron chi connectivity index (χ4n) is 3.81. The number of piperidine rings is 1. The van der Waals surface area contributed by atoms with E-state index in [1.54, 1.807) is 24.4 Å². The third-order valence-electron chi connectivity index (χ3n) is 5.43. The van der Waals surface area contributed by atoms with Gasteiger partial charge in [-0.25, -0.2) is 14.4 Å². The highest BCUT2D eigenvalue weighted by Crippen LogP contribution is 2.26. The van der Waals surface area contributed by atoms with Crippen LogP contribution in [0.5, 0.6) is 0 Å². The average Bonchev–Trinajstić information content (AvgIpc) is 3.20. The van der Waals surface area contributed by atoms with Crippen molar-refractivity contribution in [2.45, 2.75) is 32.7 Å². The molecule has 0 bridgehead atoms. The molecule has 8 nitrogen and oxygen atoms in total. The number of nitrogens with one attached hydrogen (secondary N) is 1. The SMILES string of the molecule is Cc1cnn(-c2cccc(C(=O)N3CCC[C@@H](C)[C@H]3CNc3ncc(Cl)cc3F)n2)n1. The number of pyridine rings is 2. The summed E-state index contributed by atoms with van der Waals surface area (Å²) < 4.78 is 14.1. The van der Waals surface area contributed by atoms with Crippen molar-refractivity contribution in [3.63, 3.8) is 0 Å². The topological polar surface area (TPSA) is 88.8 Å². The molecule has 10 heteroatoms. The maximum atomic E-state index is 14.1. The molecule has 3 aromatic rings. The number of hydrogen-bond acceptors (Lipinski definition) is 6. The normalized spacial score (nSPS) is 18.8. The largest absolute Gasteiger partial charge is 0.366 e. The molecule has 162 valence electrons. The fourth-order valence-corrected chi connectivity index (χ4v) is 3.95. The molecule has 0 unspecified atom stereocenters. The van der Waals surface area contributed by atoms with Crippen LogP contribution in [0.1, 0.15) is 35.9 Å². The lowest BCUT2D eigenvalue weighted by Crippen LogP contribution is -2.51. The molecule has 1 aliphatic heterocycles. The Bertz CT molecular complexity index is 1090. The zero-order valence-corrected chi connectivity index (χ0v) is 18.1. The van der Waals surface area contributed by atoms with Crippen LogP contribution in [-0.4, -0.2) is 54.9 Å². The first-order valence-electron chi connectivity index (χ1n) is 10.1. The molecule has 0 aromatic carbocycles. The summed E-state index contributed by atoms with van der Waals surface area (Å²) in [5.74, 6) is 0.138. The molecule has 1 amide bonds. The number of nitrogens with zero attached hydrogens (tertiary/aromatic N) is 6. The molecule has 4 rings (SSSR count). The van der Waals surface area contributed by atoms with Gasteiger partial charge in [-0.2, -0.15) is 10.2 Å². The lowest BCUT2D eigenvalue weighted by Gasteiger charge is -2.40. The Kier molecular flexibility index (Phi) is 6.13. The van der Waals surface area contributed by atoms with E-state index < -0.39 is 5.82 Å². The highest BCUT2D eigenvalue weighted by Gasteiger charge is 2.33. The standard InChI is InChI=1S/C21H23ClFN7O/c1-13-5-4-8-29(18(13)12-25-20-16(23)9-15(22)11-24-20)21(31)17-6-3-7-19(27-17)30-26-10-14(2)28-30/h3,6-7,9-11,13,18H,4-5,8,12H2,1-2H3,(H,24,25)/t13-,18-/m1/s1. The van der Waals surface area contributed by atoms with E-state index >= 15 is 0 Å². The van der Waals surface area contributed by atoms with E-state index in [4.69, 9.17) is 11.6 Å². The predicted molar refractivity (Wildman–Crippen MR) is 115 cm³/mol. The van der Waals surface area contributed by atoms with Crippen LogP contribution < -0.4 is 5.32 Å². The summed E-state index contributed by atoms with van der Waals surface area (Å²) in [5.41, 5.74) is 1.08. The Morgan fingerprint density at radius 2 is 2.19 bits per heavy atom.